The van der Waals surface area contributed by atoms with Crippen LogP contribution in [-0.2, 0) is 11.2 Å². The van der Waals surface area contributed by atoms with Crippen molar-refractivity contribution in [3.05, 3.63) is 58.7 Å². The first-order chi connectivity index (χ1) is 9.49. The molecule has 0 bridgehead atoms. The highest BCUT2D eigenvalue weighted by Crippen LogP contribution is 2.23. The number of nitrogens with zero attached hydrogens (tertiary/aromatic N) is 2. The van der Waals surface area contributed by atoms with E-state index in [1.807, 2.05) is 38.1 Å². The maximum atomic E-state index is 11.6. The molecule has 0 saturated carbocycles. The van der Waals surface area contributed by atoms with Crippen LogP contribution in [0, 0.1) is 20.8 Å². The lowest BCUT2D eigenvalue weighted by molar-refractivity contribution is -0.138. The van der Waals surface area contributed by atoms with Gasteiger partial charge >= 0.3 is 5.97 Å². The van der Waals surface area contributed by atoms with E-state index in [0.717, 1.165) is 16.8 Å². The molecule has 1 heterocycles. The van der Waals surface area contributed by atoms with E-state index < -0.39 is 11.9 Å². The maximum absolute atomic E-state index is 11.6. The average Bonchev–Trinajstić information content (AvgIpc) is 2.40. The summed E-state index contributed by atoms with van der Waals surface area (Å²) < 4.78 is 0. The molecule has 0 amide bonds. The number of aromatic nitrogens is 2. The molecule has 2 rings (SSSR count). The van der Waals surface area contributed by atoms with Crippen molar-refractivity contribution in [3.63, 3.8) is 0 Å². The van der Waals surface area contributed by atoms with Crippen LogP contribution in [0.25, 0.3) is 0 Å². The Labute approximate surface area is 118 Å². The van der Waals surface area contributed by atoms with Gasteiger partial charge in [0.25, 0.3) is 0 Å². The third-order valence-electron chi connectivity index (χ3n) is 3.43. The van der Waals surface area contributed by atoms with Gasteiger partial charge in [-0.3, -0.25) is 14.8 Å². The number of aliphatic carboxylic acids is 1. The molecule has 0 radical (unpaired) electrons. The molecule has 0 aliphatic carbocycles. The van der Waals surface area contributed by atoms with Crippen molar-refractivity contribution in [3.8, 4) is 0 Å². The van der Waals surface area contributed by atoms with E-state index in [1.54, 1.807) is 13.1 Å². The number of aryl methyl sites for hydroxylation is 3. The van der Waals surface area contributed by atoms with Gasteiger partial charge in [0.2, 0.25) is 0 Å². The SMILES string of the molecule is Cc1cnc(C)c(C(Cc2ccccc2C)C(=O)O)n1. The van der Waals surface area contributed by atoms with Gasteiger partial charge in [0.15, 0.2) is 0 Å². The van der Waals surface area contributed by atoms with Crippen LogP contribution in [0.15, 0.2) is 30.5 Å². The Hall–Kier alpha value is -2.23. The smallest absolute Gasteiger partial charge is 0.313 e. The van der Waals surface area contributed by atoms with Crippen molar-refractivity contribution in [2.75, 3.05) is 0 Å². The molecular weight excluding hydrogens is 252 g/mol. The van der Waals surface area contributed by atoms with Gasteiger partial charge in [0, 0.05) is 6.20 Å². The van der Waals surface area contributed by atoms with Gasteiger partial charge in [-0.25, -0.2) is 0 Å². The molecule has 0 fully saturated rings. The van der Waals surface area contributed by atoms with E-state index in [1.165, 1.54) is 0 Å². The molecule has 104 valence electrons. The second kappa shape index (κ2) is 5.82. The lowest BCUT2D eigenvalue weighted by atomic mass is 9.92. The number of carboxylic acid groups (broad SMARTS) is 1. The highest BCUT2D eigenvalue weighted by Gasteiger charge is 2.25. The number of benzene rings is 1. The number of hydrogen-bond acceptors (Lipinski definition) is 3. The molecule has 20 heavy (non-hydrogen) atoms. The molecule has 0 aliphatic heterocycles. The van der Waals surface area contributed by atoms with Crippen molar-refractivity contribution in [2.24, 2.45) is 0 Å². The predicted molar refractivity (Wildman–Crippen MR) is 76.8 cm³/mol. The second-order valence-electron chi connectivity index (χ2n) is 5.00. The summed E-state index contributed by atoms with van der Waals surface area (Å²) in [5, 5.41) is 9.53. The molecule has 1 unspecified atom stereocenters. The average molecular weight is 270 g/mol. The van der Waals surface area contributed by atoms with Gasteiger partial charge in [-0.05, 0) is 38.3 Å². The highest BCUT2D eigenvalue weighted by atomic mass is 16.4. The molecule has 0 spiro atoms. The molecule has 1 atom stereocenters. The molecular formula is C16H18N2O2. The third-order valence-corrected chi connectivity index (χ3v) is 3.43. The van der Waals surface area contributed by atoms with Crippen molar-refractivity contribution >= 4 is 5.97 Å². The van der Waals surface area contributed by atoms with Crippen LogP contribution in [0.5, 0.6) is 0 Å². The summed E-state index contributed by atoms with van der Waals surface area (Å²) in [7, 11) is 0. The van der Waals surface area contributed by atoms with Crippen molar-refractivity contribution in [2.45, 2.75) is 33.1 Å². The Kier molecular flexibility index (Phi) is 4.13. The standard InChI is InChI=1S/C16H18N2O2/c1-10-6-4-5-7-13(10)8-14(16(19)20)15-12(3)17-9-11(2)18-15/h4-7,9,14H,8H2,1-3H3,(H,19,20). The molecule has 2 aromatic rings. The van der Waals surface area contributed by atoms with Crippen molar-refractivity contribution in [1.82, 2.24) is 9.97 Å². The van der Waals surface area contributed by atoms with E-state index in [-0.39, 0.29) is 0 Å². The Morgan fingerprint density at radius 1 is 1.25 bits per heavy atom. The number of hydrogen-bond donors (Lipinski definition) is 1. The van der Waals surface area contributed by atoms with Crippen molar-refractivity contribution in [1.29, 1.82) is 0 Å². The molecule has 1 aromatic carbocycles. The summed E-state index contributed by atoms with van der Waals surface area (Å²) >= 11 is 0. The van der Waals surface area contributed by atoms with Crippen LogP contribution >= 0.6 is 0 Å². The fourth-order valence-corrected chi connectivity index (χ4v) is 2.25. The minimum Gasteiger partial charge on any atom is -0.481 e. The van der Waals surface area contributed by atoms with Crippen LogP contribution in [0.2, 0.25) is 0 Å². The number of carbonyl (C=O) groups is 1. The fourth-order valence-electron chi connectivity index (χ4n) is 2.25. The molecule has 4 heteroatoms. The summed E-state index contributed by atoms with van der Waals surface area (Å²) in [5.74, 6) is -1.53. The van der Waals surface area contributed by atoms with E-state index in [9.17, 15) is 9.90 Å². The lowest BCUT2D eigenvalue weighted by Crippen LogP contribution is -2.18. The summed E-state index contributed by atoms with van der Waals surface area (Å²) in [6.45, 7) is 5.61. The summed E-state index contributed by atoms with van der Waals surface area (Å²) in [4.78, 5) is 20.2. The topological polar surface area (TPSA) is 63.1 Å². The zero-order chi connectivity index (χ0) is 14.7. The predicted octanol–water partition coefficient (Wildman–Crippen LogP) is 2.81. The monoisotopic (exact) mass is 270 g/mol. The van der Waals surface area contributed by atoms with E-state index in [0.29, 0.717) is 17.8 Å². The van der Waals surface area contributed by atoms with E-state index in [2.05, 4.69) is 9.97 Å². The van der Waals surface area contributed by atoms with Crippen LogP contribution in [0.3, 0.4) is 0 Å². The summed E-state index contributed by atoms with van der Waals surface area (Å²) in [6.07, 6.45) is 2.09. The molecule has 1 aromatic heterocycles. The first-order valence-corrected chi connectivity index (χ1v) is 6.56. The van der Waals surface area contributed by atoms with Gasteiger partial charge in [-0.1, -0.05) is 24.3 Å². The Morgan fingerprint density at radius 3 is 2.60 bits per heavy atom. The molecule has 1 N–H and O–H groups in total. The van der Waals surface area contributed by atoms with Crippen molar-refractivity contribution < 1.29 is 9.90 Å². The van der Waals surface area contributed by atoms with Gasteiger partial charge in [-0.2, -0.15) is 0 Å². The second-order valence-corrected chi connectivity index (χ2v) is 5.00. The normalized spacial score (nSPS) is 12.2. The fraction of sp³-hybridized carbons (Fsp3) is 0.312. The third kappa shape index (κ3) is 3.02. The Balaban J connectivity index is 2.40. The quantitative estimate of drug-likeness (QED) is 0.928. The van der Waals surface area contributed by atoms with E-state index in [4.69, 9.17) is 0 Å². The lowest BCUT2D eigenvalue weighted by Gasteiger charge is -2.15. The molecule has 4 nitrogen and oxygen atoms in total. The van der Waals surface area contributed by atoms with Crippen LogP contribution in [0.4, 0.5) is 0 Å². The van der Waals surface area contributed by atoms with E-state index >= 15 is 0 Å². The Morgan fingerprint density at radius 2 is 1.95 bits per heavy atom. The van der Waals surface area contributed by atoms with Crippen LogP contribution < -0.4 is 0 Å². The van der Waals surface area contributed by atoms with Gasteiger partial charge in [0.1, 0.15) is 5.92 Å². The first kappa shape index (κ1) is 14.2. The zero-order valence-electron chi connectivity index (χ0n) is 11.9. The van der Waals surface area contributed by atoms with Crippen LogP contribution in [-0.4, -0.2) is 21.0 Å². The minimum absolute atomic E-state index is 0.432. The summed E-state index contributed by atoms with van der Waals surface area (Å²) in [6, 6.07) is 7.83. The highest BCUT2D eigenvalue weighted by molar-refractivity contribution is 5.76. The Bertz CT molecular complexity index is 638. The van der Waals surface area contributed by atoms with Crippen LogP contribution in [0.1, 0.15) is 34.1 Å². The zero-order valence-corrected chi connectivity index (χ0v) is 11.9. The largest absolute Gasteiger partial charge is 0.481 e. The van der Waals surface area contributed by atoms with Gasteiger partial charge < -0.3 is 5.11 Å². The van der Waals surface area contributed by atoms with Gasteiger partial charge in [-0.15, -0.1) is 0 Å². The first-order valence-electron chi connectivity index (χ1n) is 6.56. The molecule has 0 saturated heterocycles. The summed E-state index contributed by atoms with van der Waals surface area (Å²) in [5.41, 5.74) is 4.10. The maximum Gasteiger partial charge on any atom is 0.313 e. The number of rotatable bonds is 4. The van der Waals surface area contributed by atoms with Gasteiger partial charge in [0.05, 0.1) is 17.1 Å². The minimum atomic E-state index is -0.865. The number of carboxylic acids is 1. The molecule has 0 aliphatic rings.